The molecule has 2 N–H and O–H groups in total. The largest absolute Gasteiger partial charge is 0.328 e. The van der Waals surface area contributed by atoms with Crippen molar-refractivity contribution >= 4 is 5.69 Å². The third-order valence-electron chi connectivity index (χ3n) is 2.62. The van der Waals surface area contributed by atoms with Crippen molar-refractivity contribution in [2.75, 3.05) is 0 Å². The minimum atomic E-state index is -0.417. The van der Waals surface area contributed by atoms with Crippen molar-refractivity contribution in [3.8, 4) is 0 Å². The summed E-state index contributed by atoms with van der Waals surface area (Å²) in [6, 6.07) is 8.47. The molecule has 1 saturated carbocycles. The standard InChI is InChI=1S/C6H5NO2.C6H13N/c8-7(9)6-4-2-1-3-5-6;7-6-4-2-1-3-5-6/h1-5H;6H,1-5,7H2. The van der Waals surface area contributed by atoms with Gasteiger partial charge in [-0.05, 0) is 12.8 Å². The van der Waals surface area contributed by atoms with Crippen LogP contribution in [-0.4, -0.2) is 11.0 Å². The van der Waals surface area contributed by atoms with E-state index in [0.717, 1.165) is 0 Å². The summed E-state index contributed by atoms with van der Waals surface area (Å²) in [5.74, 6) is 0. The maximum Gasteiger partial charge on any atom is 0.269 e. The Morgan fingerprint density at radius 2 is 1.69 bits per heavy atom. The monoisotopic (exact) mass is 222 g/mol. The van der Waals surface area contributed by atoms with Crippen molar-refractivity contribution in [2.24, 2.45) is 5.73 Å². The molecular weight excluding hydrogens is 204 g/mol. The molecule has 4 nitrogen and oxygen atoms in total. The van der Waals surface area contributed by atoms with E-state index in [1.807, 2.05) is 0 Å². The first kappa shape index (κ1) is 12.6. The van der Waals surface area contributed by atoms with Gasteiger partial charge in [-0.25, -0.2) is 0 Å². The first-order valence-electron chi connectivity index (χ1n) is 5.65. The van der Waals surface area contributed by atoms with Gasteiger partial charge >= 0.3 is 0 Å². The second-order valence-electron chi connectivity index (χ2n) is 3.99. The van der Waals surface area contributed by atoms with E-state index >= 15 is 0 Å². The zero-order chi connectivity index (χ0) is 11.8. The van der Waals surface area contributed by atoms with E-state index in [2.05, 4.69) is 0 Å². The van der Waals surface area contributed by atoms with Gasteiger partial charge in [0.15, 0.2) is 0 Å². The third-order valence-corrected chi connectivity index (χ3v) is 2.62. The van der Waals surface area contributed by atoms with Crippen LogP contribution in [0.1, 0.15) is 32.1 Å². The minimum absolute atomic E-state index is 0.137. The molecule has 0 radical (unpaired) electrons. The lowest BCUT2D eigenvalue weighted by molar-refractivity contribution is -0.384. The van der Waals surface area contributed by atoms with Gasteiger partial charge in [0.2, 0.25) is 0 Å². The summed E-state index contributed by atoms with van der Waals surface area (Å²) >= 11 is 0. The first-order chi connectivity index (χ1) is 7.70. The summed E-state index contributed by atoms with van der Waals surface area (Å²) in [6.45, 7) is 0. The molecule has 1 fully saturated rings. The Balaban J connectivity index is 0.000000165. The molecule has 0 aliphatic heterocycles. The van der Waals surface area contributed by atoms with Crippen molar-refractivity contribution in [3.05, 3.63) is 40.4 Å². The summed E-state index contributed by atoms with van der Waals surface area (Å²) in [5.41, 5.74) is 5.77. The average molecular weight is 222 g/mol. The molecule has 2 rings (SSSR count). The van der Waals surface area contributed by atoms with Gasteiger partial charge in [0, 0.05) is 18.2 Å². The van der Waals surface area contributed by atoms with E-state index in [4.69, 9.17) is 5.73 Å². The molecule has 0 spiro atoms. The number of benzene rings is 1. The Labute approximate surface area is 95.6 Å². The van der Waals surface area contributed by atoms with Crippen LogP contribution < -0.4 is 5.73 Å². The second-order valence-corrected chi connectivity index (χ2v) is 3.99. The van der Waals surface area contributed by atoms with Gasteiger partial charge in [0.1, 0.15) is 0 Å². The van der Waals surface area contributed by atoms with Gasteiger partial charge in [0.25, 0.3) is 5.69 Å². The molecule has 88 valence electrons. The number of non-ortho nitro benzene ring substituents is 1. The van der Waals surface area contributed by atoms with Crippen molar-refractivity contribution in [1.29, 1.82) is 0 Å². The summed E-state index contributed by atoms with van der Waals surface area (Å²) in [4.78, 5) is 9.59. The van der Waals surface area contributed by atoms with E-state index < -0.39 is 4.92 Å². The number of nitro benzene ring substituents is 1. The zero-order valence-electron chi connectivity index (χ0n) is 9.34. The van der Waals surface area contributed by atoms with E-state index in [1.165, 1.54) is 44.2 Å². The van der Waals surface area contributed by atoms with Gasteiger partial charge < -0.3 is 5.73 Å². The molecule has 1 aliphatic rings. The quantitative estimate of drug-likeness (QED) is 0.586. The molecule has 0 saturated heterocycles. The number of nitro groups is 1. The lowest BCUT2D eigenvalue weighted by atomic mass is 9.97. The lowest BCUT2D eigenvalue weighted by Gasteiger charge is -2.15. The highest BCUT2D eigenvalue weighted by atomic mass is 16.6. The molecule has 0 unspecified atom stereocenters. The first-order valence-corrected chi connectivity index (χ1v) is 5.65. The summed E-state index contributed by atoms with van der Waals surface area (Å²) in [5, 5.41) is 10.0. The Morgan fingerprint density at radius 3 is 2.00 bits per heavy atom. The molecule has 1 aliphatic carbocycles. The summed E-state index contributed by atoms with van der Waals surface area (Å²) in [6.07, 6.45) is 6.66. The van der Waals surface area contributed by atoms with Crippen LogP contribution in [0.25, 0.3) is 0 Å². The number of rotatable bonds is 1. The Morgan fingerprint density at radius 1 is 1.12 bits per heavy atom. The molecule has 0 heterocycles. The Hall–Kier alpha value is -1.42. The van der Waals surface area contributed by atoms with Gasteiger partial charge in [-0.1, -0.05) is 37.5 Å². The van der Waals surface area contributed by atoms with Crippen molar-refractivity contribution in [2.45, 2.75) is 38.1 Å². The fraction of sp³-hybridized carbons (Fsp3) is 0.500. The van der Waals surface area contributed by atoms with Crippen LogP contribution in [0.5, 0.6) is 0 Å². The van der Waals surface area contributed by atoms with Gasteiger partial charge in [-0.15, -0.1) is 0 Å². The van der Waals surface area contributed by atoms with Crippen molar-refractivity contribution < 1.29 is 4.92 Å². The topological polar surface area (TPSA) is 69.2 Å². The molecule has 0 aromatic heterocycles. The van der Waals surface area contributed by atoms with Crippen LogP contribution in [0.3, 0.4) is 0 Å². The van der Waals surface area contributed by atoms with Gasteiger partial charge in [-0.2, -0.15) is 0 Å². The number of para-hydroxylation sites is 1. The molecule has 0 atom stereocenters. The van der Waals surface area contributed by atoms with Gasteiger partial charge in [0.05, 0.1) is 4.92 Å². The molecule has 16 heavy (non-hydrogen) atoms. The number of nitrogens with zero attached hydrogens (tertiary/aromatic N) is 1. The maximum atomic E-state index is 10.0. The van der Waals surface area contributed by atoms with Crippen molar-refractivity contribution in [3.63, 3.8) is 0 Å². The van der Waals surface area contributed by atoms with E-state index in [9.17, 15) is 10.1 Å². The van der Waals surface area contributed by atoms with Crippen LogP contribution in [0.2, 0.25) is 0 Å². The van der Waals surface area contributed by atoms with Crippen LogP contribution in [0.15, 0.2) is 30.3 Å². The maximum absolute atomic E-state index is 10.0. The van der Waals surface area contributed by atoms with Crippen LogP contribution in [0.4, 0.5) is 5.69 Å². The lowest BCUT2D eigenvalue weighted by Crippen LogP contribution is -2.22. The van der Waals surface area contributed by atoms with Gasteiger partial charge in [-0.3, -0.25) is 10.1 Å². The number of nitrogens with two attached hydrogens (primary N) is 1. The fourth-order valence-corrected chi connectivity index (χ4v) is 1.68. The van der Waals surface area contributed by atoms with E-state index in [-0.39, 0.29) is 5.69 Å². The molecule has 1 aromatic carbocycles. The fourth-order valence-electron chi connectivity index (χ4n) is 1.68. The highest BCUT2D eigenvalue weighted by Gasteiger charge is 2.06. The van der Waals surface area contributed by atoms with E-state index in [1.54, 1.807) is 18.2 Å². The predicted octanol–water partition coefficient (Wildman–Crippen LogP) is 2.87. The minimum Gasteiger partial charge on any atom is -0.328 e. The third kappa shape index (κ3) is 4.89. The van der Waals surface area contributed by atoms with Crippen LogP contribution in [-0.2, 0) is 0 Å². The SMILES string of the molecule is NC1CCCCC1.O=[N+]([O-])c1ccccc1. The van der Waals surface area contributed by atoms with E-state index in [0.29, 0.717) is 6.04 Å². The van der Waals surface area contributed by atoms with Crippen LogP contribution >= 0.6 is 0 Å². The molecule has 0 amide bonds. The highest BCUT2D eigenvalue weighted by molar-refractivity contribution is 5.27. The molecule has 0 bridgehead atoms. The summed E-state index contributed by atoms with van der Waals surface area (Å²) < 4.78 is 0. The second kappa shape index (κ2) is 6.95. The zero-order valence-corrected chi connectivity index (χ0v) is 9.34. The average Bonchev–Trinajstić information content (AvgIpc) is 2.32. The summed E-state index contributed by atoms with van der Waals surface area (Å²) in [7, 11) is 0. The van der Waals surface area contributed by atoms with Crippen LogP contribution in [0, 0.1) is 10.1 Å². The number of hydrogen-bond donors (Lipinski definition) is 1. The molecule has 1 aromatic rings. The number of hydrogen-bond acceptors (Lipinski definition) is 3. The predicted molar refractivity (Wildman–Crippen MR) is 64.2 cm³/mol. The Kier molecular flexibility index (Phi) is 5.50. The smallest absolute Gasteiger partial charge is 0.269 e. The Bertz CT molecular complexity index is 308. The highest BCUT2D eigenvalue weighted by Crippen LogP contribution is 2.14. The molecule has 4 heteroatoms. The van der Waals surface area contributed by atoms with Crippen molar-refractivity contribution in [1.82, 2.24) is 0 Å². The molecular formula is C12H18N2O2. The normalized spacial score (nSPS) is 16.1.